The summed E-state index contributed by atoms with van der Waals surface area (Å²) in [6.07, 6.45) is 4.22. The standard InChI is InChI=1S/C50H66O4/c1-13-31(5)27-51-45-23-39-40-24-46(52-28-32(6)14-2)48(54-30-34(8)16-4)26-44(40)50(43(39)25-47(45)53-29-33(7)15-3)42-22-36(10)18-20-38(42)37-19-17-35(9)21-41(37)49(50,11)12/h17-26,31-34H,13-16,27-30H2,1-12H3. The van der Waals surface area contributed by atoms with Crippen LogP contribution in [0.5, 0.6) is 23.0 Å². The van der Waals surface area contributed by atoms with Crippen molar-refractivity contribution in [1.29, 1.82) is 0 Å². The van der Waals surface area contributed by atoms with Crippen LogP contribution >= 0.6 is 0 Å². The van der Waals surface area contributed by atoms with E-state index in [0.717, 1.165) is 48.7 Å². The SMILES string of the molecule is CCC(C)COc1cc2c(cc1OCC(C)CC)C1(c3cc(C)ccc3-c3ccc(C)cc3C1(C)C)c1cc(OCC(C)CC)c(OCC(C)CC)cc1-2. The van der Waals surface area contributed by atoms with Gasteiger partial charge in [-0.1, -0.05) is 142 Å². The molecule has 0 aromatic heterocycles. The predicted molar refractivity (Wildman–Crippen MR) is 226 cm³/mol. The number of hydrogen-bond donors (Lipinski definition) is 0. The van der Waals surface area contributed by atoms with Crippen LogP contribution in [0.15, 0.2) is 60.7 Å². The highest BCUT2D eigenvalue weighted by Crippen LogP contribution is 2.68. The summed E-state index contributed by atoms with van der Waals surface area (Å²) in [5.74, 6) is 4.98. The van der Waals surface area contributed by atoms with Gasteiger partial charge in [-0.15, -0.1) is 0 Å². The average molecular weight is 731 g/mol. The molecule has 4 aromatic carbocycles. The highest BCUT2D eigenvalue weighted by atomic mass is 16.5. The van der Waals surface area contributed by atoms with Crippen molar-refractivity contribution in [2.45, 2.75) is 120 Å². The van der Waals surface area contributed by atoms with Gasteiger partial charge in [-0.2, -0.15) is 0 Å². The van der Waals surface area contributed by atoms with Crippen molar-refractivity contribution in [3.05, 3.63) is 94.0 Å². The minimum absolute atomic E-state index is 0.366. The lowest BCUT2D eigenvalue weighted by atomic mass is 9.50. The van der Waals surface area contributed by atoms with E-state index >= 15 is 0 Å². The number of fused-ring (bicyclic) bond motifs is 9. The molecule has 0 fully saturated rings. The zero-order chi connectivity index (χ0) is 38.9. The highest BCUT2D eigenvalue weighted by Gasteiger charge is 2.59. The van der Waals surface area contributed by atoms with Crippen LogP contribution in [0, 0.1) is 37.5 Å². The Morgan fingerprint density at radius 1 is 0.426 bits per heavy atom. The summed E-state index contributed by atoms with van der Waals surface area (Å²) in [6, 6.07) is 23.3. The molecule has 54 heavy (non-hydrogen) atoms. The van der Waals surface area contributed by atoms with Crippen LogP contribution in [-0.2, 0) is 10.8 Å². The van der Waals surface area contributed by atoms with Crippen LogP contribution in [0.2, 0.25) is 0 Å². The Labute approximate surface area is 327 Å². The van der Waals surface area contributed by atoms with E-state index in [1.165, 1.54) is 55.6 Å². The molecule has 6 rings (SSSR count). The van der Waals surface area contributed by atoms with Gasteiger partial charge in [-0.25, -0.2) is 0 Å². The topological polar surface area (TPSA) is 36.9 Å². The van der Waals surface area contributed by atoms with Crippen molar-refractivity contribution in [2.75, 3.05) is 26.4 Å². The second-order valence-electron chi connectivity index (χ2n) is 17.5. The molecule has 1 spiro atoms. The average Bonchev–Trinajstić information content (AvgIpc) is 3.44. The molecule has 4 heteroatoms. The molecule has 4 nitrogen and oxygen atoms in total. The van der Waals surface area contributed by atoms with Crippen LogP contribution in [0.25, 0.3) is 22.3 Å². The largest absolute Gasteiger partial charge is 0.489 e. The normalized spacial score (nSPS) is 18.5. The molecule has 0 saturated heterocycles. The van der Waals surface area contributed by atoms with E-state index in [4.69, 9.17) is 18.9 Å². The van der Waals surface area contributed by atoms with E-state index in [-0.39, 0.29) is 5.41 Å². The Balaban J connectivity index is 1.72. The third kappa shape index (κ3) is 7.03. The molecule has 0 radical (unpaired) electrons. The van der Waals surface area contributed by atoms with E-state index < -0.39 is 5.41 Å². The van der Waals surface area contributed by atoms with Crippen molar-refractivity contribution < 1.29 is 18.9 Å². The molecule has 0 aliphatic heterocycles. The third-order valence-corrected chi connectivity index (χ3v) is 12.8. The van der Waals surface area contributed by atoms with Gasteiger partial charge < -0.3 is 18.9 Å². The maximum Gasteiger partial charge on any atom is 0.161 e. The van der Waals surface area contributed by atoms with Gasteiger partial charge in [0.15, 0.2) is 23.0 Å². The van der Waals surface area contributed by atoms with Crippen molar-refractivity contribution in [1.82, 2.24) is 0 Å². The van der Waals surface area contributed by atoms with E-state index in [2.05, 4.69) is 144 Å². The lowest BCUT2D eigenvalue weighted by Crippen LogP contribution is -2.48. The van der Waals surface area contributed by atoms with E-state index in [1.54, 1.807) is 0 Å². The molecular formula is C50H66O4. The molecule has 4 unspecified atom stereocenters. The van der Waals surface area contributed by atoms with Gasteiger partial charge in [0.1, 0.15) is 0 Å². The van der Waals surface area contributed by atoms with Crippen LogP contribution in [0.4, 0.5) is 0 Å². The number of hydrogen-bond acceptors (Lipinski definition) is 4. The van der Waals surface area contributed by atoms with E-state index in [1.807, 2.05) is 0 Å². The summed E-state index contributed by atoms with van der Waals surface area (Å²) in [5.41, 5.74) is 11.7. The minimum atomic E-state index is -0.562. The third-order valence-electron chi connectivity index (χ3n) is 12.8. The van der Waals surface area contributed by atoms with Gasteiger partial charge in [-0.05, 0) is 106 Å². The fraction of sp³-hybridized carbons (Fsp3) is 0.520. The number of benzene rings is 4. The zero-order valence-electron chi connectivity index (χ0n) is 35.4. The smallest absolute Gasteiger partial charge is 0.161 e. The Bertz CT molecular complexity index is 1870. The summed E-state index contributed by atoms with van der Waals surface area (Å²) in [5, 5.41) is 0. The lowest BCUT2D eigenvalue weighted by molar-refractivity contribution is 0.217. The highest BCUT2D eigenvalue weighted by molar-refractivity contribution is 5.93. The van der Waals surface area contributed by atoms with Crippen molar-refractivity contribution >= 4 is 0 Å². The summed E-state index contributed by atoms with van der Waals surface area (Å²) in [6.45, 7) is 29.8. The number of ether oxygens (including phenoxy) is 4. The van der Waals surface area contributed by atoms with Crippen LogP contribution in [0.1, 0.15) is 128 Å². The Hall–Kier alpha value is -3.92. The van der Waals surface area contributed by atoms with E-state index in [9.17, 15) is 0 Å². The molecule has 0 heterocycles. The number of rotatable bonds is 16. The van der Waals surface area contributed by atoms with Gasteiger partial charge in [-0.3, -0.25) is 0 Å². The molecule has 290 valence electrons. The summed E-state index contributed by atoms with van der Waals surface area (Å²) in [7, 11) is 0. The zero-order valence-corrected chi connectivity index (χ0v) is 35.4. The molecule has 0 N–H and O–H groups in total. The fourth-order valence-electron chi connectivity index (χ4n) is 8.30. The predicted octanol–water partition coefficient (Wildman–Crippen LogP) is 13.3. The quantitative estimate of drug-likeness (QED) is 0.115. The van der Waals surface area contributed by atoms with Crippen molar-refractivity contribution in [2.24, 2.45) is 23.7 Å². The monoisotopic (exact) mass is 730 g/mol. The molecule has 0 amide bonds. The maximum atomic E-state index is 6.81. The van der Waals surface area contributed by atoms with E-state index in [0.29, 0.717) is 50.1 Å². The van der Waals surface area contributed by atoms with Gasteiger partial charge >= 0.3 is 0 Å². The van der Waals surface area contributed by atoms with Crippen molar-refractivity contribution in [3.63, 3.8) is 0 Å². The van der Waals surface area contributed by atoms with Gasteiger partial charge in [0, 0.05) is 5.41 Å². The van der Waals surface area contributed by atoms with Crippen molar-refractivity contribution in [3.8, 4) is 45.3 Å². The Kier molecular flexibility index (Phi) is 11.8. The lowest BCUT2D eigenvalue weighted by Gasteiger charge is -2.52. The molecule has 4 aromatic rings. The Morgan fingerprint density at radius 3 is 1.11 bits per heavy atom. The van der Waals surface area contributed by atoms with Gasteiger partial charge in [0.25, 0.3) is 0 Å². The van der Waals surface area contributed by atoms with Crippen LogP contribution < -0.4 is 18.9 Å². The second-order valence-corrected chi connectivity index (χ2v) is 17.5. The summed E-state index contributed by atoms with van der Waals surface area (Å²) >= 11 is 0. The molecular weight excluding hydrogens is 665 g/mol. The molecule has 4 atom stereocenters. The van der Waals surface area contributed by atoms with Gasteiger partial charge in [0.2, 0.25) is 0 Å². The minimum Gasteiger partial charge on any atom is -0.489 e. The first-order chi connectivity index (χ1) is 25.8. The summed E-state index contributed by atoms with van der Waals surface area (Å²) in [4.78, 5) is 0. The first kappa shape index (κ1) is 39.8. The first-order valence-electron chi connectivity index (χ1n) is 20.9. The van der Waals surface area contributed by atoms with Gasteiger partial charge in [0.05, 0.1) is 31.8 Å². The Morgan fingerprint density at radius 2 is 0.741 bits per heavy atom. The maximum absolute atomic E-state index is 6.81. The molecule has 0 bridgehead atoms. The van der Waals surface area contributed by atoms with Crippen LogP contribution in [-0.4, -0.2) is 26.4 Å². The molecule has 2 aliphatic carbocycles. The van der Waals surface area contributed by atoms with Crippen LogP contribution in [0.3, 0.4) is 0 Å². The molecule has 0 saturated carbocycles. The first-order valence-corrected chi connectivity index (χ1v) is 20.9. The summed E-state index contributed by atoms with van der Waals surface area (Å²) < 4.78 is 27.1. The molecule has 2 aliphatic rings. The number of aryl methyl sites for hydroxylation is 2. The second kappa shape index (κ2) is 16.0. The fourth-order valence-corrected chi connectivity index (χ4v) is 8.30.